The van der Waals surface area contributed by atoms with Crippen LogP contribution in [0.25, 0.3) is 10.9 Å². The predicted molar refractivity (Wildman–Crippen MR) is 114 cm³/mol. The number of hydrogen-bond acceptors (Lipinski definition) is 4. The van der Waals surface area contributed by atoms with E-state index in [4.69, 9.17) is 0 Å². The van der Waals surface area contributed by atoms with Gasteiger partial charge in [0.05, 0.1) is 6.04 Å². The zero-order valence-corrected chi connectivity index (χ0v) is 16.0. The van der Waals surface area contributed by atoms with Crippen molar-refractivity contribution in [3.05, 3.63) is 95.8 Å². The molecule has 4 rings (SSSR count). The van der Waals surface area contributed by atoms with Crippen LogP contribution >= 0.6 is 0 Å². The first-order chi connectivity index (χ1) is 13.6. The number of phenolic OH excluding ortho intramolecular Hbond substituents is 1. The normalized spacial score (nSPS) is 12.2. The molecule has 0 bridgehead atoms. The highest BCUT2D eigenvalue weighted by Crippen LogP contribution is 2.36. The third kappa shape index (κ3) is 3.54. The number of fused-ring (bicyclic) bond motifs is 1. The minimum absolute atomic E-state index is 0.194. The first kappa shape index (κ1) is 18.0. The van der Waals surface area contributed by atoms with Crippen LogP contribution in [0.4, 0.5) is 5.82 Å². The maximum Gasteiger partial charge on any atom is 0.147 e. The summed E-state index contributed by atoms with van der Waals surface area (Å²) in [6.45, 7) is 4.36. The second-order valence-corrected chi connectivity index (χ2v) is 7.19. The van der Waals surface area contributed by atoms with Gasteiger partial charge in [-0.2, -0.15) is 0 Å². The molecule has 1 unspecified atom stereocenters. The van der Waals surface area contributed by atoms with E-state index in [9.17, 15) is 5.11 Å². The zero-order chi connectivity index (χ0) is 19.5. The van der Waals surface area contributed by atoms with Gasteiger partial charge >= 0.3 is 0 Å². The van der Waals surface area contributed by atoms with Crippen LogP contribution in [0.2, 0.25) is 0 Å². The molecule has 0 amide bonds. The van der Waals surface area contributed by atoms with Gasteiger partial charge in [0.25, 0.3) is 0 Å². The van der Waals surface area contributed by atoms with Crippen molar-refractivity contribution in [3.63, 3.8) is 0 Å². The summed E-state index contributed by atoms with van der Waals surface area (Å²) in [5.74, 6) is 1.41. The van der Waals surface area contributed by atoms with Crippen LogP contribution in [0.3, 0.4) is 0 Å². The average molecular weight is 369 g/mol. The molecule has 0 saturated heterocycles. The maximum absolute atomic E-state index is 11.0. The van der Waals surface area contributed by atoms with Gasteiger partial charge in [0, 0.05) is 23.3 Å². The summed E-state index contributed by atoms with van der Waals surface area (Å²) < 4.78 is 0. The van der Waals surface area contributed by atoms with Crippen molar-refractivity contribution in [2.45, 2.75) is 25.8 Å². The van der Waals surface area contributed by atoms with E-state index in [0.29, 0.717) is 11.4 Å². The van der Waals surface area contributed by atoms with Crippen LogP contribution in [0.15, 0.2) is 79.1 Å². The Morgan fingerprint density at radius 1 is 0.786 bits per heavy atom. The number of rotatable bonds is 5. The van der Waals surface area contributed by atoms with Gasteiger partial charge in [0.2, 0.25) is 0 Å². The zero-order valence-electron chi connectivity index (χ0n) is 16.0. The van der Waals surface area contributed by atoms with Gasteiger partial charge in [-0.3, -0.25) is 4.98 Å². The lowest BCUT2D eigenvalue weighted by Crippen LogP contribution is -2.14. The molecule has 140 valence electrons. The summed E-state index contributed by atoms with van der Waals surface area (Å²) >= 11 is 0. The smallest absolute Gasteiger partial charge is 0.147 e. The summed E-state index contributed by atoms with van der Waals surface area (Å²) in [6, 6.07) is 21.8. The molecule has 2 N–H and O–H groups in total. The summed E-state index contributed by atoms with van der Waals surface area (Å²) in [6.07, 6.45) is 3.45. The number of pyridine rings is 2. The maximum atomic E-state index is 11.0. The molecule has 0 aliphatic rings. The van der Waals surface area contributed by atoms with Crippen LogP contribution in [-0.4, -0.2) is 15.1 Å². The van der Waals surface area contributed by atoms with E-state index in [-0.39, 0.29) is 11.8 Å². The lowest BCUT2D eigenvalue weighted by atomic mass is 9.94. The molecule has 0 saturated carbocycles. The van der Waals surface area contributed by atoms with Crippen LogP contribution in [0.5, 0.6) is 5.75 Å². The van der Waals surface area contributed by atoms with Crippen molar-refractivity contribution in [1.82, 2.24) is 9.97 Å². The van der Waals surface area contributed by atoms with Crippen LogP contribution in [-0.2, 0) is 0 Å². The Kier molecular flexibility index (Phi) is 4.94. The predicted octanol–water partition coefficient (Wildman–Crippen LogP) is 5.66. The highest BCUT2D eigenvalue weighted by Gasteiger charge is 2.20. The van der Waals surface area contributed by atoms with Crippen molar-refractivity contribution in [2.75, 3.05) is 5.32 Å². The molecule has 4 nitrogen and oxygen atoms in total. The van der Waals surface area contributed by atoms with Gasteiger partial charge < -0.3 is 10.4 Å². The first-order valence-corrected chi connectivity index (χ1v) is 9.47. The fourth-order valence-electron chi connectivity index (χ4n) is 3.39. The third-order valence-electron chi connectivity index (χ3n) is 4.98. The second kappa shape index (κ2) is 7.69. The largest absolute Gasteiger partial charge is 0.505 e. The molecule has 4 heteroatoms. The van der Waals surface area contributed by atoms with E-state index in [2.05, 4.69) is 53.4 Å². The van der Waals surface area contributed by atoms with Crippen molar-refractivity contribution >= 4 is 16.7 Å². The van der Waals surface area contributed by atoms with E-state index in [0.717, 1.165) is 22.3 Å². The number of aromatic nitrogens is 2. The Morgan fingerprint density at radius 3 is 2.25 bits per heavy atom. The molecule has 0 spiro atoms. The van der Waals surface area contributed by atoms with Gasteiger partial charge in [0.15, 0.2) is 0 Å². The topological polar surface area (TPSA) is 58.0 Å². The highest BCUT2D eigenvalue weighted by molar-refractivity contribution is 5.86. The summed E-state index contributed by atoms with van der Waals surface area (Å²) in [7, 11) is 0. The monoisotopic (exact) mass is 369 g/mol. The molecule has 0 aliphatic carbocycles. The fourth-order valence-corrected chi connectivity index (χ4v) is 3.39. The molecule has 0 fully saturated rings. The van der Waals surface area contributed by atoms with Crippen LogP contribution < -0.4 is 5.32 Å². The highest BCUT2D eigenvalue weighted by atomic mass is 16.3. The molecule has 2 heterocycles. The minimum atomic E-state index is -0.248. The standard InChI is InChI=1S/C24H23N3O/c1-16(2)17-8-10-19(11-9-17)22(27-21-7-3-4-14-25-21)20-13-12-18-6-5-15-26-23(18)24(20)28/h3-16,22,28H,1-2H3,(H,25,27). The Labute approximate surface area is 164 Å². The fraction of sp³-hybridized carbons (Fsp3) is 0.167. The Hall–Kier alpha value is -3.40. The number of phenols is 1. The number of nitrogens with zero attached hydrogens (tertiary/aromatic N) is 2. The van der Waals surface area contributed by atoms with Crippen molar-refractivity contribution in [2.24, 2.45) is 0 Å². The SMILES string of the molecule is CC(C)c1ccc(C(Nc2ccccn2)c2ccc3cccnc3c2O)cc1. The van der Waals surface area contributed by atoms with Crippen molar-refractivity contribution < 1.29 is 5.11 Å². The van der Waals surface area contributed by atoms with E-state index >= 15 is 0 Å². The number of anilines is 1. The number of hydrogen-bond donors (Lipinski definition) is 2. The van der Waals surface area contributed by atoms with Gasteiger partial charge in [-0.1, -0.05) is 62.4 Å². The van der Waals surface area contributed by atoms with Crippen molar-refractivity contribution in [1.29, 1.82) is 0 Å². The van der Waals surface area contributed by atoms with Gasteiger partial charge in [-0.15, -0.1) is 0 Å². The third-order valence-corrected chi connectivity index (χ3v) is 4.98. The van der Waals surface area contributed by atoms with Gasteiger partial charge in [-0.05, 0) is 35.2 Å². The number of benzene rings is 2. The average Bonchev–Trinajstić information content (AvgIpc) is 2.74. The van der Waals surface area contributed by atoms with Gasteiger partial charge in [0.1, 0.15) is 17.1 Å². The number of nitrogens with one attached hydrogen (secondary N) is 1. The minimum Gasteiger partial charge on any atom is -0.505 e. The molecule has 4 aromatic rings. The lowest BCUT2D eigenvalue weighted by Gasteiger charge is -2.22. The summed E-state index contributed by atoms with van der Waals surface area (Å²) in [5, 5.41) is 15.4. The molecular formula is C24H23N3O. The van der Waals surface area contributed by atoms with E-state index in [1.54, 1.807) is 12.4 Å². The quantitative estimate of drug-likeness (QED) is 0.476. The van der Waals surface area contributed by atoms with E-state index < -0.39 is 0 Å². The molecule has 28 heavy (non-hydrogen) atoms. The van der Waals surface area contributed by atoms with E-state index in [1.807, 2.05) is 42.5 Å². The van der Waals surface area contributed by atoms with Crippen LogP contribution in [0, 0.1) is 0 Å². The molecular weight excluding hydrogens is 346 g/mol. The summed E-state index contributed by atoms with van der Waals surface area (Å²) in [4.78, 5) is 8.77. The molecule has 0 radical (unpaired) electrons. The van der Waals surface area contributed by atoms with Gasteiger partial charge in [-0.25, -0.2) is 4.98 Å². The second-order valence-electron chi connectivity index (χ2n) is 7.19. The Bertz CT molecular complexity index is 1080. The van der Waals surface area contributed by atoms with Crippen molar-refractivity contribution in [3.8, 4) is 5.75 Å². The Balaban J connectivity index is 1.82. The molecule has 2 aromatic carbocycles. The first-order valence-electron chi connectivity index (χ1n) is 9.47. The molecule has 1 atom stereocenters. The van der Waals surface area contributed by atoms with Crippen LogP contribution in [0.1, 0.15) is 42.5 Å². The molecule has 2 aromatic heterocycles. The summed E-state index contributed by atoms with van der Waals surface area (Å²) in [5.41, 5.74) is 3.71. The van der Waals surface area contributed by atoms with E-state index in [1.165, 1.54) is 5.56 Å². The lowest BCUT2D eigenvalue weighted by molar-refractivity contribution is 0.471. The number of aromatic hydroxyl groups is 1. The molecule has 0 aliphatic heterocycles. The Morgan fingerprint density at radius 2 is 1.54 bits per heavy atom.